The third kappa shape index (κ3) is 3.15. The molecule has 0 aromatic heterocycles. The van der Waals surface area contributed by atoms with Gasteiger partial charge in [-0.05, 0) is 38.3 Å². The predicted octanol–water partition coefficient (Wildman–Crippen LogP) is 1.85. The Morgan fingerprint density at radius 3 is 2.85 bits per heavy atom. The van der Waals surface area contributed by atoms with E-state index >= 15 is 0 Å². The van der Waals surface area contributed by atoms with Gasteiger partial charge in [-0.2, -0.15) is 0 Å². The van der Waals surface area contributed by atoms with E-state index in [9.17, 15) is 9.90 Å². The molecule has 0 fully saturated rings. The lowest BCUT2D eigenvalue weighted by Gasteiger charge is -2.19. The molecule has 1 aliphatic carbocycles. The van der Waals surface area contributed by atoms with Gasteiger partial charge in [0.05, 0.1) is 5.60 Å². The van der Waals surface area contributed by atoms with Gasteiger partial charge in [-0.15, -0.1) is 0 Å². The lowest BCUT2D eigenvalue weighted by atomic mass is 9.88. The summed E-state index contributed by atoms with van der Waals surface area (Å²) in [7, 11) is 0. The largest absolute Gasteiger partial charge is 0.386 e. The monoisotopic (exact) mass is 180 g/mol. The summed E-state index contributed by atoms with van der Waals surface area (Å²) in [4.78, 5) is 10.7. The molecular formula is C11H16O2. The van der Waals surface area contributed by atoms with Crippen molar-refractivity contribution in [3.63, 3.8) is 0 Å². The Kier molecular flexibility index (Phi) is 3.04. The molecule has 0 aliphatic heterocycles. The van der Waals surface area contributed by atoms with E-state index in [0.717, 1.165) is 24.7 Å². The number of aldehydes is 1. The minimum absolute atomic E-state index is 0.0311. The lowest BCUT2D eigenvalue weighted by molar-refractivity contribution is -0.110. The molecule has 72 valence electrons. The maximum Gasteiger partial charge on any atom is 0.127 e. The fourth-order valence-electron chi connectivity index (χ4n) is 1.50. The third-order valence-corrected chi connectivity index (χ3v) is 2.07. The van der Waals surface area contributed by atoms with E-state index in [0.29, 0.717) is 0 Å². The summed E-state index contributed by atoms with van der Waals surface area (Å²) >= 11 is 0. The summed E-state index contributed by atoms with van der Waals surface area (Å²) in [5, 5.41) is 9.56. The van der Waals surface area contributed by atoms with Crippen molar-refractivity contribution in [3.05, 3.63) is 23.8 Å². The van der Waals surface area contributed by atoms with E-state index in [2.05, 4.69) is 0 Å². The molecule has 0 aromatic carbocycles. The summed E-state index contributed by atoms with van der Waals surface area (Å²) in [5.41, 5.74) is 0.104. The molecule has 13 heavy (non-hydrogen) atoms. The first-order valence-corrected chi connectivity index (χ1v) is 4.60. The summed E-state index contributed by atoms with van der Waals surface area (Å²) < 4.78 is 0. The number of carbonyl (C=O) groups excluding carboxylic acids is 1. The van der Waals surface area contributed by atoms with Gasteiger partial charge in [-0.1, -0.05) is 12.2 Å². The Morgan fingerprint density at radius 2 is 2.31 bits per heavy atom. The van der Waals surface area contributed by atoms with Crippen molar-refractivity contribution in [2.45, 2.75) is 32.3 Å². The Labute approximate surface area is 79.0 Å². The zero-order valence-corrected chi connectivity index (χ0v) is 8.16. The lowest BCUT2D eigenvalue weighted by Crippen LogP contribution is -2.18. The number of aliphatic hydroxyl groups is 1. The maximum atomic E-state index is 10.7. The van der Waals surface area contributed by atoms with E-state index in [1.807, 2.05) is 12.2 Å². The van der Waals surface area contributed by atoms with Crippen LogP contribution in [0.25, 0.3) is 0 Å². The molecule has 0 spiro atoms. The molecule has 2 nitrogen and oxygen atoms in total. The fraction of sp³-hybridized carbons (Fsp3) is 0.545. The van der Waals surface area contributed by atoms with Crippen molar-refractivity contribution >= 4 is 6.29 Å². The fourth-order valence-corrected chi connectivity index (χ4v) is 1.50. The predicted molar refractivity (Wildman–Crippen MR) is 52.3 cm³/mol. The van der Waals surface area contributed by atoms with Crippen LogP contribution in [0.1, 0.15) is 26.7 Å². The smallest absolute Gasteiger partial charge is 0.127 e. The topological polar surface area (TPSA) is 37.3 Å². The Bertz CT molecular complexity index is 243. The molecule has 0 aromatic rings. The van der Waals surface area contributed by atoms with Gasteiger partial charge < -0.3 is 9.90 Å². The molecule has 0 unspecified atom stereocenters. The summed E-state index contributed by atoms with van der Waals surface area (Å²) in [6, 6.07) is 0. The van der Waals surface area contributed by atoms with Gasteiger partial charge in [0, 0.05) is 5.92 Å². The van der Waals surface area contributed by atoms with Gasteiger partial charge in [0.25, 0.3) is 0 Å². The minimum atomic E-state index is -0.835. The van der Waals surface area contributed by atoms with E-state index in [1.165, 1.54) is 0 Å². The average molecular weight is 180 g/mol. The highest BCUT2D eigenvalue weighted by atomic mass is 16.3. The Hall–Kier alpha value is -0.890. The molecule has 1 atom stereocenters. The molecule has 0 saturated carbocycles. The third-order valence-electron chi connectivity index (χ3n) is 2.07. The van der Waals surface area contributed by atoms with Gasteiger partial charge >= 0.3 is 0 Å². The highest BCUT2D eigenvalue weighted by Gasteiger charge is 2.17. The van der Waals surface area contributed by atoms with E-state index in [4.69, 9.17) is 0 Å². The van der Waals surface area contributed by atoms with Crippen LogP contribution in [0.2, 0.25) is 0 Å². The van der Waals surface area contributed by atoms with Crippen molar-refractivity contribution < 1.29 is 9.90 Å². The molecule has 0 saturated heterocycles. The van der Waals surface area contributed by atoms with Crippen LogP contribution in [0, 0.1) is 5.92 Å². The molecule has 0 radical (unpaired) electrons. The summed E-state index contributed by atoms with van der Waals surface area (Å²) in [6.45, 7) is 3.43. The van der Waals surface area contributed by atoms with Crippen molar-refractivity contribution in [1.29, 1.82) is 0 Å². The Morgan fingerprint density at radius 1 is 1.62 bits per heavy atom. The second-order valence-electron chi connectivity index (χ2n) is 4.02. The van der Waals surface area contributed by atoms with Gasteiger partial charge in [0.15, 0.2) is 0 Å². The maximum absolute atomic E-state index is 10.7. The molecule has 1 aliphatic rings. The molecule has 2 heteroatoms. The van der Waals surface area contributed by atoms with Crippen LogP contribution in [0.3, 0.4) is 0 Å². The van der Waals surface area contributed by atoms with Crippen molar-refractivity contribution in [3.8, 4) is 0 Å². The van der Waals surface area contributed by atoms with Crippen LogP contribution >= 0.6 is 0 Å². The zero-order chi connectivity index (χ0) is 9.90. The standard InChI is InChI=1S/C11H16O2/c1-11(2,13)7-9-5-3-4-6-10(9)8-12/h3,5,7-8,10,13H,4,6H2,1-2H3/b9-7+/t10-/m1/s1. The van der Waals surface area contributed by atoms with Gasteiger partial charge in [0.2, 0.25) is 0 Å². The van der Waals surface area contributed by atoms with Crippen LogP contribution < -0.4 is 0 Å². The molecule has 1 rings (SSSR count). The molecule has 1 N–H and O–H groups in total. The van der Waals surface area contributed by atoms with E-state index in [-0.39, 0.29) is 5.92 Å². The first kappa shape index (κ1) is 10.2. The van der Waals surface area contributed by atoms with Crippen LogP contribution in [0.4, 0.5) is 0 Å². The summed E-state index contributed by atoms with van der Waals surface area (Å²) in [5.74, 6) is -0.0311. The van der Waals surface area contributed by atoms with Crippen molar-refractivity contribution in [2.24, 2.45) is 5.92 Å². The number of hydrogen-bond acceptors (Lipinski definition) is 2. The van der Waals surface area contributed by atoms with Crippen molar-refractivity contribution in [2.75, 3.05) is 0 Å². The van der Waals surface area contributed by atoms with Gasteiger partial charge in [0.1, 0.15) is 6.29 Å². The van der Waals surface area contributed by atoms with Crippen LogP contribution in [-0.4, -0.2) is 17.0 Å². The number of rotatable bonds is 2. The molecular weight excluding hydrogens is 164 g/mol. The molecule has 0 amide bonds. The van der Waals surface area contributed by atoms with E-state index < -0.39 is 5.60 Å². The number of hydrogen-bond donors (Lipinski definition) is 1. The SMILES string of the molecule is CC(C)(O)/C=C1\C=CCC[C@@H]1C=O. The number of allylic oxidation sites excluding steroid dienone is 3. The highest BCUT2D eigenvalue weighted by Crippen LogP contribution is 2.24. The highest BCUT2D eigenvalue weighted by molar-refractivity contribution is 5.61. The van der Waals surface area contributed by atoms with Crippen LogP contribution in [0.15, 0.2) is 23.8 Å². The summed E-state index contributed by atoms with van der Waals surface area (Å²) in [6.07, 6.45) is 8.50. The quantitative estimate of drug-likeness (QED) is 0.658. The number of carbonyl (C=O) groups is 1. The van der Waals surface area contributed by atoms with Gasteiger partial charge in [-0.25, -0.2) is 0 Å². The van der Waals surface area contributed by atoms with Crippen LogP contribution in [-0.2, 0) is 4.79 Å². The average Bonchev–Trinajstić information content (AvgIpc) is 2.02. The first-order valence-electron chi connectivity index (χ1n) is 4.60. The van der Waals surface area contributed by atoms with Crippen LogP contribution in [0.5, 0.6) is 0 Å². The normalized spacial score (nSPS) is 26.4. The van der Waals surface area contributed by atoms with E-state index in [1.54, 1.807) is 19.9 Å². The second kappa shape index (κ2) is 3.88. The Balaban J connectivity index is 2.87. The zero-order valence-electron chi connectivity index (χ0n) is 8.16. The van der Waals surface area contributed by atoms with Gasteiger partial charge in [-0.3, -0.25) is 0 Å². The first-order chi connectivity index (χ1) is 6.03. The molecule has 0 heterocycles. The molecule has 0 bridgehead atoms. The second-order valence-corrected chi connectivity index (χ2v) is 4.02. The minimum Gasteiger partial charge on any atom is -0.386 e. The van der Waals surface area contributed by atoms with Crippen molar-refractivity contribution in [1.82, 2.24) is 0 Å².